The highest BCUT2D eigenvalue weighted by Gasteiger charge is 2.40. The fraction of sp³-hybridized carbons (Fsp3) is 0.750. The molecule has 0 fully saturated rings. The first-order valence-electron chi connectivity index (χ1n) is 13.3. The van der Waals surface area contributed by atoms with Crippen molar-refractivity contribution in [2.75, 3.05) is 14.1 Å². The van der Waals surface area contributed by atoms with Gasteiger partial charge in [-0.3, -0.25) is 24.0 Å². The van der Waals surface area contributed by atoms with Gasteiger partial charge < -0.3 is 20.9 Å². The summed E-state index contributed by atoms with van der Waals surface area (Å²) in [6, 6.07) is -3.65. The second kappa shape index (κ2) is 16.3. The molecule has 0 radical (unpaired) electrons. The molecule has 9 nitrogen and oxygen atoms in total. The molecule has 0 unspecified atom stereocenters. The Bertz CT molecular complexity index is 821. The first kappa shape index (κ1) is 34.5. The molecule has 37 heavy (non-hydrogen) atoms. The third-order valence-corrected chi connectivity index (χ3v) is 6.47. The van der Waals surface area contributed by atoms with Crippen LogP contribution in [0.15, 0.2) is 12.2 Å². The van der Waals surface area contributed by atoms with Crippen molar-refractivity contribution in [3.05, 3.63) is 12.2 Å². The zero-order valence-corrected chi connectivity index (χ0v) is 24.7. The van der Waals surface area contributed by atoms with Crippen LogP contribution in [0.3, 0.4) is 0 Å². The van der Waals surface area contributed by atoms with Crippen LogP contribution in [-0.2, 0) is 24.0 Å². The molecule has 0 saturated carbocycles. The molecule has 0 rings (SSSR count). The number of rotatable bonds is 16. The van der Waals surface area contributed by atoms with Gasteiger partial charge in [0.2, 0.25) is 11.8 Å². The molecule has 0 aliphatic carbocycles. The Morgan fingerprint density at radius 3 is 1.76 bits per heavy atom. The van der Waals surface area contributed by atoms with Crippen LogP contribution >= 0.6 is 0 Å². The van der Waals surface area contributed by atoms with Crippen LogP contribution < -0.4 is 16.0 Å². The fourth-order valence-corrected chi connectivity index (χ4v) is 4.13. The summed E-state index contributed by atoms with van der Waals surface area (Å²) in [4.78, 5) is 66.8. The standard InChI is InChI=1S/C28H50N4O5/c1-12-13-14-19(8)25(34)24(27(36)30-22(17(4)5)20(9)33)32(11)28(37)23(18(6)7)31-26(35)21(29-10)15-16(2)3/h12-13,16-19,21-24,29H,14-15H2,1-11H3,(H,30,36)(H,31,35)/b13-12+/t19-,21+,22+,23+,24+/m1/s1. The van der Waals surface area contributed by atoms with E-state index in [1.54, 1.807) is 41.7 Å². The smallest absolute Gasteiger partial charge is 0.251 e. The van der Waals surface area contributed by atoms with Gasteiger partial charge in [0.1, 0.15) is 6.04 Å². The van der Waals surface area contributed by atoms with E-state index >= 15 is 0 Å². The molecule has 0 aliphatic rings. The Kier molecular flexibility index (Phi) is 15.2. The van der Waals surface area contributed by atoms with Crippen LogP contribution in [0, 0.1) is 23.7 Å². The van der Waals surface area contributed by atoms with Gasteiger partial charge in [-0.2, -0.15) is 0 Å². The second-order valence-corrected chi connectivity index (χ2v) is 11.0. The van der Waals surface area contributed by atoms with Gasteiger partial charge in [-0.1, -0.05) is 60.6 Å². The van der Waals surface area contributed by atoms with Gasteiger partial charge in [0.15, 0.2) is 17.6 Å². The second-order valence-electron chi connectivity index (χ2n) is 11.0. The number of amides is 3. The van der Waals surface area contributed by atoms with Crippen molar-refractivity contribution in [3.8, 4) is 0 Å². The average molecular weight is 523 g/mol. The maximum atomic E-state index is 13.7. The van der Waals surface area contributed by atoms with Crippen LogP contribution in [0.5, 0.6) is 0 Å². The van der Waals surface area contributed by atoms with E-state index in [1.165, 1.54) is 14.0 Å². The average Bonchev–Trinajstić information content (AvgIpc) is 2.81. The summed E-state index contributed by atoms with van der Waals surface area (Å²) in [5.41, 5.74) is 0. The summed E-state index contributed by atoms with van der Waals surface area (Å²) in [7, 11) is 3.09. The highest BCUT2D eigenvalue weighted by Crippen LogP contribution is 2.16. The van der Waals surface area contributed by atoms with E-state index in [0.29, 0.717) is 12.8 Å². The maximum Gasteiger partial charge on any atom is 0.251 e. The summed E-state index contributed by atoms with van der Waals surface area (Å²) in [6.45, 7) is 16.1. The molecule has 212 valence electrons. The minimum absolute atomic E-state index is 0.194. The van der Waals surface area contributed by atoms with Crippen molar-refractivity contribution in [1.29, 1.82) is 0 Å². The van der Waals surface area contributed by atoms with Gasteiger partial charge in [-0.05, 0) is 51.5 Å². The molecule has 5 atom stereocenters. The zero-order valence-electron chi connectivity index (χ0n) is 24.7. The molecule has 3 N–H and O–H groups in total. The van der Waals surface area contributed by atoms with Crippen molar-refractivity contribution in [2.45, 2.75) is 99.3 Å². The monoisotopic (exact) mass is 522 g/mol. The number of nitrogens with one attached hydrogen (secondary N) is 3. The Morgan fingerprint density at radius 2 is 1.35 bits per heavy atom. The number of ketones is 2. The zero-order chi connectivity index (χ0) is 29.0. The lowest BCUT2D eigenvalue weighted by Gasteiger charge is -2.34. The van der Waals surface area contributed by atoms with Gasteiger partial charge >= 0.3 is 0 Å². The summed E-state index contributed by atoms with van der Waals surface area (Å²) < 4.78 is 0. The van der Waals surface area contributed by atoms with Crippen LogP contribution in [0.25, 0.3) is 0 Å². The molecular weight excluding hydrogens is 472 g/mol. The van der Waals surface area contributed by atoms with Gasteiger partial charge in [0, 0.05) is 13.0 Å². The van der Waals surface area contributed by atoms with E-state index in [0.717, 1.165) is 4.90 Å². The fourth-order valence-electron chi connectivity index (χ4n) is 4.13. The lowest BCUT2D eigenvalue weighted by Crippen LogP contribution is -2.61. The number of allylic oxidation sites excluding steroid dienone is 2. The SMILES string of the molecule is C/C=C/C[C@@H](C)C(=O)[C@@H](C(=O)N[C@H](C(C)=O)C(C)C)N(C)C(=O)[C@@H](NC(=O)[C@H](CC(C)C)NC)C(C)C. The van der Waals surface area contributed by atoms with Gasteiger partial charge in [0.25, 0.3) is 5.91 Å². The van der Waals surface area contributed by atoms with Crippen LogP contribution in [-0.4, -0.2) is 72.5 Å². The predicted octanol–water partition coefficient (Wildman–Crippen LogP) is 2.49. The van der Waals surface area contributed by atoms with E-state index in [4.69, 9.17) is 0 Å². The lowest BCUT2D eigenvalue weighted by atomic mass is 9.92. The van der Waals surface area contributed by atoms with Crippen LogP contribution in [0.2, 0.25) is 0 Å². The molecule has 9 heteroatoms. The molecule has 3 amide bonds. The minimum atomic E-state index is -1.44. The number of carbonyl (C=O) groups excluding carboxylic acids is 5. The van der Waals surface area contributed by atoms with Gasteiger partial charge in [0.05, 0.1) is 12.1 Å². The normalized spacial score (nSPS) is 15.8. The number of Topliss-reactive ketones (excluding diaryl/α,β-unsaturated/α-hetero) is 2. The van der Waals surface area contributed by atoms with Crippen LogP contribution in [0.1, 0.15) is 75.2 Å². The Morgan fingerprint density at radius 1 is 0.838 bits per heavy atom. The van der Waals surface area contributed by atoms with Crippen molar-refractivity contribution in [2.24, 2.45) is 23.7 Å². The van der Waals surface area contributed by atoms with E-state index < -0.39 is 47.7 Å². The number of hydrogen-bond acceptors (Lipinski definition) is 6. The highest BCUT2D eigenvalue weighted by atomic mass is 16.2. The third kappa shape index (κ3) is 10.8. The van der Waals surface area contributed by atoms with Crippen LogP contribution in [0.4, 0.5) is 0 Å². The molecule has 0 saturated heterocycles. The first-order valence-corrected chi connectivity index (χ1v) is 13.3. The lowest BCUT2D eigenvalue weighted by molar-refractivity contribution is -0.149. The molecule has 0 aromatic carbocycles. The predicted molar refractivity (Wildman–Crippen MR) is 147 cm³/mol. The quantitative estimate of drug-likeness (QED) is 0.211. The molecule has 0 aromatic heterocycles. The minimum Gasteiger partial charge on any atom is -0.344 e. The Hall–Kier alpha value is -2.55. The summed E-state index contributed by atoms with van der Waals surface area (Å²) in [6.07, 6.45) is 4.64. The Labute approximate surface area is 223 Å². The van der Waals surface area contributed by atoms with E-state index in [-0.39, 0.29) is 29.4 Å². The molecule has 0 bridgehead atoms. The summed E-state index contributed by atoms with van der Waals surface area (Å²) in [5, 5.41) is 8.50. The summed E-state index contributed by atoms with van der Waals surface area (Å²) in [5.74, 6) is -3.00. The molecule has 0 spiro atoms. The van der Waals surface area contributed by atoms with E-state index in [9.17, 15) is 24.0 Å². The van der Waals surface area contributed by atoms with Crippen molar-refractivity contribution in [3.63, 3.8) is 0 Å². The van der Waals surface area contributed by atoms with Gasteiger partial charge in [-0.15, -0.1) is 0 Å². The van der Waals surface area contributed by atoms with Crippen molar-refractivity contribution < 1.29 is 24.0 Å². The summed E-state index contributed by atoms with van der Waals surface area (Å²) >= 11 is 0. The third-order valence-electron chi connectivity index (χ3n) is 6.47. The van der Waals surface area contributed by atoms with Crippen molar-refractivity contribution in [1.82, 2.24) is 20.9 Å². The molecular formula is C28H50N4O5. The van der Waals surface area contributed by atoms with Gasteiger partial charge in [-0.25, -0.2) is 0 Å². The molecule has 0 aliphatic heterocycles. The van der Waals surface area contributed by atoms with E-state index in [2.05, 4.69) is 16.0 Å². The number of hydrogen-bond donors (Lipinski definition) is 3. The molecule has 0 heterocycles. The topological polar surface area (TPSA) is 125 Å². The first-order chi connectivity index (χ1) is 17.1. The number of likely N-dealkylation sites (N-methyl/N-ethyl adjacent to an activating group) is 2. The Balaban J connectivity index is 6.20. The number of nitrogens with zero attached hydrogens (tertiary/aromatic N) is 1. The number of carbonyl (C=O) groups is 5. The maximum absolute atomic E-state index is 13.7. The highest BCUT2D eigenvalue weighted by molar-refractivity contribution is 6.10. The van der Waals surface area contributed by atoms with E-state index in [1.807, 2.05) is 32.9 Å². The molecule has 0 aromatic rings. The van der Waals surface area contributed by atoms with Crippen molar-refractivity contribution >= 4 is 29.3 Å². The largest absolute Gasteiger partial charge is 0.344 e.